The number of anilines is 3. The highest BCUT2D eigenvalue weighted by Gasteiger charge is 2.14. The Bertz CT molecular complexity index is 767. The highest BCUT2D eigenvalue weighted by Crippen LogP contribution is 2.22. The van der Waals surface area contributed by atoms with Gasteiger partial charge in [-0.2, -0.15) is 0 Å². The van der Waals surface area contributed by atoms with Gasteiger partial charge in [0.05, 0.1) is 0 Å². The van der Waals surface area contributed by atoms with Crippen LogP contribution in [0.15, 0.2) is 42.6 Å². The van der Waals surface area contributed by atoms with E-state index in [1.165, 1.54) is 5.69 Å². The van der Waals surface area contributed by atoms with Crippen molar-refractivity contribution in [3.8, 4) is 0 Å². The number of benzene rings is 1. The van der Waals surface area contributed by atoms with E-state index in [1.54, 1.807) is 12.3 Å². The zero-order valence-electron chi connectivity index (χ0n) is 17.1. The Morgan fingerprint density at radius 2 is 1.79 bits per heavy atom. The minimum Gasteiger partial charge on any atom is -0.369 e. The van der Waals surface area contributed by atoms with Crippen LogP contribution in [0.4, 0.5) is 17.1 Å². The predicted octanol–water partition coefficient (Wildman–Crippen LogP) is 3.35. The monoisotopic (exact) mass is 381 g/mol. The molecule has 150 valence electrons. The topological polar surface area (TPSA) is 60.5 Å². The standard InChI is InChI=1S/C22H31N5O/c1-17(2)8-10-24-22(28)21-16-19(9-11-23-21)25-18-4-6-20(7-5-18)27-14-12-26(3)13-15-27/h4-7,9,11,16-17H,8,10,12-15H2,1-3H3,(H,23,25)(H,24,28). The molecule has 6 nitrogen and oxygen atoms in total. The van der Waals surface area contributed by atoms with E-state index in [2.05, 4.69) is 70.6 Å². The maximum Gasteiger partial charge on any atom is 0.269 e. The van der Waals surface area contributed by atoms with Crippen LogP contribution in [0.25, 0.3) is 0 Å². The number of piperazine rings is 1. The Labute approximate surface area is 167 Å². The highest BCUT2D eigenvalue weighted by atomic mass is 16.1. The third kappa shape index (κ3) is 5.70. The molecule has 1 amide bonds. The second kappa shape index (κ2) is 9.55. The Balaban J connectivity index is 1.58. The number of carbonyl (C=O) groups is 1. The van der Waals surface area contributed by atoms with Crippen LogP contribution in [0.3, 0.4) is 0 Å². The van der Waals surface area contributed by atoms with E-state index in [9.17, 15) is 4.79 Å². The number of nitrogens with zero attached hydrogens (tertiary/aromatic N) is 3. The largest absolute Gasteiger partial charge is 0.369 e. The molecule has 0 atom stereocenters. The molecule has 1 aliphatic rings. The Morgan fingerprint density at radius 3 is 2.46 bits per heavy atom. The molecule has 1 saturated heterocycles. The van der Waals surface area contributed by atoms with E-state index < -0.39 is 0 Å². The molecule has 3 rings (SSSR count). The van der Waals surface area contributed by atoms with E-state index >= 15 is 0 Å². The fourth-order valence-electron chi connectivity index (χ4n) is 3.18. The number of pyridine rings is 1. The second-order valence-corrected chi connectivity index (χ2v) is 7.83. The lowest BCUT2D eigenvalue weighted by atomic mass is 10.1. The molecule has 0 spiro atoms. The number of hydrogen-bond acceptors (Lipinski definition) is 5. The van der Waals surface area contributed by atoms with Crippen molar-refractivity contribution in [1.82, 2.24) is 15.2 Å². The van der Waals surface area contributed by atoms with Crippen LogP contribution in [0.5, 0.6) is 0 Å². The van der Waals surface area contributed by atoms with Gasteiger partial charge in [0.25, 0.3) is 5.91 Å². The first-order valence-corrected chi connectivity index (χ1v) is 10.1. The minimum absolute atomic E-state index is 0.130. The van der Waals surface area contributed by atoms with Gasteiger partial charge in [-0.15, -0.1) is 0 Å². The third-order valence-electron chi connectivity index (χ3n) is 5.02. The van der Waals surface area contributed by atoms with Gasteiger partial charge in [-0.05, 0) is 55.8 Å². The van der Waals surface area contributed by atoms with Crippen molar-refractivity contribution >= 4 is 23.0 Å². The lowest BCUT2D eigenvalue weighted by molar-refractivity contribution is 0.0947. The van der Waals surface area contributed by atoms with Gasteiger partial charge >= 0.3 is 0 Å². The summed E-state index contributed by atoms with van der Waals surface area (Å²) in [5.41, 5.74) is 3.54. The van der Waals surface area contributed by atoms with Gasteiger partial charge in [0.2, 0.25) is 0 Å². The van der Waals surface area contributed by atoms with Crippen LogP contribution in [-0.4, -0.2) is 55.6 Å². The SMILES string of the molecule is CC(C)CCNC(=O)c1cc(Nc2ccc(N3CCN(C)CC3)cc2)ccn1. The van der Waals surface area contributed by atoms with Crippen LogP contribution in [0.2, 0.25) is 0 Å². The van der Waals surface area contributed by atoms with Crippen LogP contribution in [0, 0.1) is 5.92 Å². The van der Waals surface area contributed by atoms with Crippen molar-refractivity contribution in [2.45, 2.75) is 20.3 Å². The first kappa shape index (κ1) is 20.1. The van der Waals surface area contributed by atoms with Crippen molar-refractivity contribution in [1.29, 1.82) is 0 Å². The summed E-state index contributed by atoms with van der Waals surface area (Å²) < 4.78 is 0. The molecule has 1 aliphatic heterocycles. The van der Waals surface area contributed by atoms with Crippen molar-refractivity contribution < 1.29 is 4.79 Å². The zero-order valence-corrected chi connectivity index (χ0v) is 17.1. The molecule has 2 N–H and O–H groups in total. The maximum atomic E-state index is 12.3. The molecular formula is C22H31N5O. The minimum atomic E-state index is -0.130. The molecule has 1 aromatic carbocycles. The smallest absolute Gasteiger partial charge is 0.269 e. The summed E-state index contributed by atoms with van der Waals surface area (Å²) in [7, 11) is 2.16. The average Bonchev–Trinajstić information content (AvgIpc) is 2.69. The molecule has 28 heavy (non-hydrogen) atoms. The second-order valence-electron chi connectivity index (χ2n) is 7.83. The Kier molecular flexibility index (Phi) is 6.87. The van der Waals surface area contributed by atoms with Crippen molar-refractivity contribution in [3.05, 3.63) is 48.3 Å². The van der Waals surface area contributed by atoms with Crippen LogP contribution in [-0.2, 0) is 0 Å². The van der Waals surface area contributed by atoms with Gasteiger partial charge in [0.15, 0.2) is 0 Å². The molecule has 0 unspecified atom stereocenters. The van der Waals surface area contributed by atoms with E-state index in [0.29, 0.717) is 18.2 Å². The van der Waals surface area contributed by atoms with Crippen molar-refractivity contribution in [2.75, 3.05) is 50.0 Å². The summed E-state index contributed by atoms with van der Waals surface area (Å²) in [6.45, 7) is 9.27. The summed E-state index contributed by atoms with van der Waals surface area (Å²) in [4.78, 5) is 21.2. The number of aromatic nitrogens is 1. The fourth-order valence-corrected chi connectivity index (χ4v) is 3.18. The molecule has 0 radical (unpaired) electrons. The number of hydrogen-bond donors (Lipinski definition) is 2. The molecule has 0 bridgehead atoms. The van der Waals surface area contributed by atoms with Gasteiger partial charge in [-0.1, -0.05) is 13.8 Å². The Hall–Kier alpha value is -2.60. The number of amides is 1. The van der Waals surface area contributed by atoms with Crippen molar-refractivity contribution in [2.24, 2.45) is 5.92 Å². The molecule has 0 saturated carbocycles. The van der Waals surface area contributed by atoms with E-state index in [1.807, 2.05) is 6.07 Å². The number of carbonyl (C=O) groups excluding carboxylic acids is 1. The first-order chi connectivity index (χ1) is 13.5. The van der Waals surface area contributed by atoms with Crippen LogP contribution < -0.4 is 15.5 Å². The molecule has 2 aromatic rings. The Morgan fingerprint density at radius 1 is 1.07 bits per heavy atom. The zero-order chi connectivity index (χ0) is 19.9. The summed E-state index contributed by atoms with van der Waals surface area (Å²) in [5.74, 6) is 0.435. The summed E-state index contributed by atoms with van der Waals surface area (Å²) in [6.07, 6.45) is 2.63. The lowest BCUT2D eigenvalue weighted by Crippen LogP contribution is -2.44. The highest BCUT2D eigenvalue weighted by molar-refractivity contribution is 5.93. The van der Waals surface area contributed by atoms with Gasteiger partial charge < -0.3 is 20.4 Å². The first-order valence-electron chi connectivity index (χ1n) is 10.1. The summed E-state index contributed by atoms with van der Waals surface area (Å²) in [5, 5.41) is 6.29. The molecule has 6 heteroatoms. The molecule has 2 heterocycles. The molecule has 1 aromatic heterocycles. The lowest BCUT2D eigenvalue weighted by Gasteiger charge is -2.34. The third-order valence-corrected chi connectivity index (χ3v) is 5.02. The molecule has 1 fully saturated rings. The van der Waals surface area contributed by atoms with E-state index in [0.717, 1.165) is 44.0 Å². The summed E-state index contributed by atoms with van der Waals surface area (Å²) in [6, 6.07) is 12.1. The van der Waals surface area contributed by atoms with Gasteiger partial charge in [0.1, 0.15) is 5.69 Å². The number of nitrogens with one attached hydrogen (secondary N) is 2. The van der Waals surface area contributed by atoms with Crippen LogP contribution in [0.1, 0.15) is 30.8 Å². The van der Waals surface area contributed by atoms with E-state index in [4.69, 9.17) is 0 Å². The van der Waals surface area contributed by atoms with Crippen molar-refractivity contribution in [3.63, 3.8) is 0 Å². The van der Waals surface area contributed by atoms with Gasteiger partial charge in [-0.3, -0.25) is 9.78 Å². The summed E-state index contributed by atoms with van der Waals surface area (Å²) >= 11 is 0. The van der Waals surface area contributed by atoms with Crippen LogP contribution >= 0.6 is 0 Å². The van der Waals surface area contributed by atoms with Gasteiger partial charge in [0, 0.05) is 56.0 Å². The van der Waals surface area contributed by atoms with E-state index in [-0.39, 0.29) is 5.91 Å². The maximum absolute atomic E-state index is 12.3. The quantitative estimate of drug-likeness (QED) is 0.770. The average molecular weight is 382 g/mol. The molecule has 0 aliphatic carbocycles. The fraction of sp³-hybridized carbons (Fsp3) is 0.455. The normalized spacial score (nSPS) is 14.9. The predicted molar refractivity (Wildman–Crippen MR) is 115 cm³/mol. The molecular weight excluding hydrogens is 350 g/mol. The number of likely N-dealkylation sites (N-methyl/N-ethyl adjacent to an activating group) is 1. The van der Waals surface area contributed by atoms with Gasteiger partial charge in [-0.25, -0.2) is 0 Å². The number of rotatable bonds is 7.